The lowest BCUT2D eigenvalue weighted by molar-refractivity contribution is 0.255. The van der Waals surface area contributed by atoms with Gasteiger partial charge in [0.15, 0.2) is 0 Å². The molecule has 1 atom stereocenters. The zero-order chi connectivity index (χ0) is 13.8. The Labute approximate surface area is 120 Å². The van der Waals surface area contributed by atoms with Gasteiger partial charge in [-0.05, 0) is 42.5 Å². The molecule has 0 saturated carbocycles. The van der Waals surface area contributed by atoms with Crippen molar-refractivity contribution in [3.63, 3.8) is 0 Å². The number of hydrogen-bond acceptors (Lipinski definition) is 2. The Kier molecular flexibility index (Phi) is 4.78. The van der Waals surface area contributed by atoms with Gasteiger partial charge in [-0.1, -0.05) is 44.2 Å². The number of nitrogens with zero attached hydrogens (tertiary/aromatic N) is 1. The van der Waals surface area contributed by atoms with E-state index in [1.54, 1.807) is 0 Å². The second-order valence-corrected chi connectivity index (χ2v) is 6.52. The topological polar surface area (TPSA) is 3.24 Å². The molecule has 0 aliphatic heterocycles. The van der Waals surface area contributed by atoms with Crippen LogP contribution in [0.25, 0.3) is 0 Å². The Balaban J connectivity index is 2.04. The first-order chi connectivity index (χ1) is 9.08. The van der Waals surface area contributed by atoms with Crippen molar-refractivity contribution >= 4 is 11.3 Å². The van der Waals surface area contributed by atoms with Gasteiger partial charge in [-0.25, -0.2) is 0 Å². The van der Waals surface area contributed by atoms with Gasteiger partial charge in [0.25, 0.3) is 0 Å². The van der Waals surface area contributed by atoms with Crippen molar-refractivity contribution in [3.05, 3.63) is 57.8 Å². The van der Waals surface area contributed by atoms with Crippen molar-refractivity contribution in [2.45, 2.75) is 39.3 Å². The summed E-state index contributed by atoms with van der Waals surface area (Å²) in [6.07, 6.45) is 0. The Hall–Kier alpha value is -1.12. The second kappa shape index (κ2) is 6.36. The molecule has 0 saturated heterocycles. The number of benzene rings is 1. The molecule has 0 unspecified atom stereocenters. The van der Waals surface area contributed by atoms with Crippen LogP contribution in [0, 0.1) is 0 Å². The van der Waals surface area contributed by atoms with Crippen LogP contribution >= 0.6 is 11.3 Å². The van der Waals surface area contributed by atoms with E-state index >= 15 is 0 Å². The highest BCUT2D eigenvalue weighted by Gasteiger charge is 2.12. The fraction of sp³-hybridized carbons (Fsp3) is 0.412. The maximum atomic E-state index is 2.40. The molecule has 0 amide bonds. The number of thiophene rings is 1. The molecule has 19 heavy (non-hydrogen) atoms. The van der Waals surface area contributed by atoms with Gasteiger partial charge in [0.2, 0.25) is 0 Å². The molecule has 102 valence electrons. The molecule has 0 spiro atoms. The Morgan fingerprint density at radius 3 is 2.16 bits per heavy atom. The van der Waals surface area contributed by atoms with Gasteiger partial charge >= 0.3 is 0 Å². The van der Waals surface area contributed by atoms with Crippen LogP contribution in [0.2, 0.25) is 0 Å². The van der Waals surface area contributed by atoms with E-state index in [0.717, 1.165) is 6.54 Å². The highest BCUT2D eigenvalue weighted by atomic mass is 32.1. The fourth-order valence-corrected chi connectivity index (χ4v) is 2.97. The number of hydrogen-bond donors (Lipinski definition) is 0. The van der Waals surface area contributed by atoms with Crippen LogP contribution in [0.3, 0.4) is 0 Å². The third kappa shape index (κ3) is 3.68. The van der Waals surface area contributed by atoms with Crippen LogP contribution in [-0.4, -0.2) is 11.9 Å². The predicted molar refractivity (Wildman–Crippen MR) is 84.7 cm³/mol. The minimum Gasteiger partial charge on any atom is -0.295 e. The van der Waals surface area contributed by atoms with Crippen LogP contribution in [0.15, 0.2) is 41.8 Å². The van der Waals surface area contributed by atoms with Crippen molar-refractivity contribution in [2.75, 3.05) is 7.05 Å². The average Bonchev–Trinajstić information content (AvgIpc) is 2.90. The van der Waals surface area contributed by atoms with Crippen molar-refractivity contribution in [3.8, 4) is 0 Å². The van der Waals surface area contributed by atoms with Crippen molar-refractivity contribution < 1.29 is 0 Å². The summed E-state index contributed by atoms with van der Waals surface area (Å²) in [5.74, 6) is 0.605. The maximum absolute atomic E-state index is 2.40. The van der Waals surface area contributed by atoms with E-state index in [-0.39, 0.29) is 0 Å². The normalized spacial score (nSPS) is 13.2. The van der Waals surface area contributed by atoms with E-state index in [1.807, 2.05) is 11.3 Å². The molecule has 2 rings (SSSR count). The van der Waals surface area contributed by atoms with Crippen LogP contribution in [0.1, 0.15) is 48.7 Å². The molecule has 1 nitrogen and oxygen atoms in total. The Morgan fingerprint density at radius 2 is 1.63 bits per heavy atom. The van der Waals surface area contributed by atoms with Crippen LogP contribution < -0.4 is 0 Å². The molecule has 0 radical (unpaired) electrons. The van der Waals surface area contributed by atoms with Gasteiger partial charge in [0, 0.05) is 17.5 Å². The van der Waals surface area contributed by atoms with Gasteiger partial charge in [-0.2, -0.15) is 0 Å². The molecule has 0 fully saturated rings. The van der Waals surface area contributed by atoms with Gasteiger partial charge < -0.3 is 0 Å². The van der Waals surface area contributed by atoms with Crippen molar-refractivity contribution in [1.29, 1.82) is 0 Å². The second-order valence-electron chi connectivity index (χ2n) is 5.49. The lowest BCUT2D eigenvalue weighted by Gasteiger charge is -2.25. The van der Waals surface area contributed by atoms with E-state index in [0.29, 0.717) is 12.0 Å². The maximum Gasteiger partial charge on any atom is 0.0330 e. The molecule has 0 aliphatic carbocycles. The molecule has 0 bridgehead atoms. The lowest BCUT2D eigenvalue weighted by atomic mass is 9.99. The Morgan fingerprint density at radius 1 is 1.00 bits per heavy atom. The highest BCUT2D eigenvalue weighted by molar-refractivity contribution is 7.09. The largest absolute Gasteiger partial charge is 0.295 e. The minimum atomic E-state index is 0.448. The molecule has 1 aromatic heterocycles. The summed E-state index contributed by atoms with van der Waals surface area (Å²) in [5.41, 5.74) is 2.81. The highest BCUT2D eigenvalue weighted by Crippen LogP contribution is 2.24. The standard InChI is InChI=1S/C17H23NS/c1-13(2)15-7-9-16(10-8-15)14(3)18(4)12-17-6-5-11-19-17/h5-11,13-14H,12H2,1-4H3/t14-/m0/s1. The third-order valence-electron chi connectivity index (χ3n) is 3.73. The van der Waals surface area contributed by atoms with Crippen LogP contribution in [-0.2, 0) is 6.54 Å². The summed E-state index contributed by atoms with van der Waals surface area (Å²) in [5, 5.41) is 2.14. The molecule has 2 heteroatoms. The fourth-order valence-electron chi connectivity index (χ4n) is 2.20. The molecule has 1 heterocycles. The van der Waals surface area contributed by atoms with Gasteiger partial charge in [-0.15, -0.1) is 11.3 Å². The third-order valence-corrected chi connectivity index (χ3v) is 4.59. The Bertz CT molecular complexity index is 484. The first-order valence-corrected chi connectivity index (χ1v) is 7.78. The van der Waals surface area contributed by atoms with Gasteiger partial charge in [0.05, 0.1) is 0 Å². The zero-order valence-corrected chi connectivity index (χ0v) is 13.1. The van der Waals surface area contributed by atoms with Crippen molar-refractivity contribution in [1.82, 2.24) is 4.90 Å². The molecule has 2 aromatic rings. The van der Waals surface area contributed by atoms with Gasteiger partial charge in [0.1, 0.15) is 0 Å². The lowest BCUT2D eigenvalue weighted by Crippen LogP contribution is -2.21. The summed E-state index contributed by atoms with van der Waals surface area (Å²) in [4.78, 5) is 3.82. The molecular formula is C17H23NS. The molecule has 0 N–H and O–H groups in total. The summed E-state index contributed by atoms with van der Waals surface area (Å²) in [6.45, 7) is 7.77. The van der Waals surface area contributed by atoms with Gasteiger partial charge in [-0.3, -0.25) is 4.90 Å². The summed E-state index contributed by atoms with van der Waals surface area (Å²) >= 11 is 1.83. The molecule has 1 aromatic carbocycles. The minimum absolute atomic E-state index is 0.448. The average molecular weight is 273 g/mol. The van der Waals surface area contributed by atoms with E-state index in [1.165, 1.54) is 16.0 Å². The smallest absolute Gasteiger partial charge is 0.0330 e. The van der Waals surface area contributed by atoms with E-state index in [2.05, 4.69) is 74.5 Å². The van der Waals surface area contributed by atoms with Crippen LogP contribution in [0.5, 0.6) is 0 Å². The van der Waals surface area contributed by atoms with E-state index < -0.39 is 0 Å². The molecular weight excluding hydrogens is 250 g/mol. The number of rotatable bonds is 5. The SMILES string of the molecule is CC(C)c1ccc([C@H](C)N(C)Cc2cccs2)cc1. The summed E-state index contributed by atoms with van der Waals surface area (Å²) < 4.78 is 0. The van der Waals surface area contributed by atoms with Crippen molar-refractivity contribution in [2.24, 2.45) is 0 Å². The predicted octanol–water partition coefficient (Wildman–Crippen LogP) is 5.06. The van der Waals surface area contributed by atoms with E-state index in [9.17, 15) is 0 Å². The summed E-state index contributed by atoms with van der Waals surface area (Å²) in [7, 11) is 2.20. The zero-order valence-electron chi connectivity index (χ0n) is 12.3. The molecule has 0 aliphatic rings. The summed E-state index contributed by atoms with van der Waals surface area (Å²) in [6, 6.07) is 13.8. The van der Waals surface area contributed by atoms with E-state index in [4.69, 9.17) is 0 Å². The first-order valence-electron chi connectivity index (χ1n) is 6.90. The first kappa shape index (κ1) is 14.3. The quantitative estimate of drug-likeness (QED) is 0.735. The monoisotopic (exact) mass is 273 g/mol. The van der Waals surface area contributed by atoms with Crippen LogP contribution in [0.4, 0.5) is 0 Å².